The zero-order chi connectivity index (χ0) is 50.7. The number of benzene rings is 8. The molecule has 0 bridgehead atoms. The van der Waals surface area contributed by atoms with Gasteiger partial charge in [0.2, 0.25) is 0 Å². The van der Waals surface area contributed by atoms with Crippen LogP contribution in [0, 0.1) is 46.4 Å². The molecule has 11 aromatic rings. The maximum atomic E-state index is 8.69. The molecule has 336 valence electrons. The Morgan fingerprint density at radius 1 is 0.588 bits per heavy atom. The number of rotatable bonds is 5. The maximum Gasteiger partial charge on any atom is 0.135 e. The van der Waals surface area contributed by atoms with Crippen LogP contribution in [0.5, 0.6) is 11.5 Å². The smallest absolute Gasteiger partial charge is 0.135 e. The molecule has 68 heavy (non-hydrogen) atoms. The van der Waals surface area contributed by atoms with E-state index in [0.29, 0.717) is 44.7 Å². The first-order valence-corrected chi connectivity index (χ1v) is 22.6. The fraction of sp³-hybridized carbons (Fsp3) is 0.129. The molecule has 0 N–H and O–H groups in total. The van der Waals surface area contributed by atoms with Crippen molar-refractivity contribution in [1.29, 1.82) is 0 Å². The number of anilines is 2. The fourth-order valence-electron chi connectivity index (χ4n) is 9.98. The van der Waals surface area contributed by atoms with Crippen LogP contribution < -0.4 is 9.64 Å². The molecular weight excluding hydrogens is 1010 g/mol. The van der Waals surface area contributed by atoms with Gasteiger partial charge < -0.3 is 18.8 Å². The number of aryl methyl sites for hydroxylation is 4. The van der Waals surface area contributed by atoms with E-state index in [-0.39, 0.29) is 37.6 Å². The van der Waals surface area contributed by atoms with Gasteiger partial charge in [0.15, 0.2) is 0 Å². The standard InChI is InChI=1S/C62H49N4O.Pt/c1-38-21-28-49-47-16-8-9-17-48(47)51-19-12-20-57-61(51)65(60-40(3)13-10-18-52(60)53(49)31-38)37-64(57)44-14-11-15-45(34-44)67-46-27-29-50-54-32-39(2)22-30-56(54)66(58(50)35-46)59-33-41(4)55(36-63-59)42-23-25-43(26-24-42)62(5,6)7;/h8-33,36-37H,1-7H3;/q-3;/i2D3,4D3;. The summed E-state index contributed by atoms with van der Waals surface area (Å²) in [7, 11) is 0. The summed E-state index contributed by atoms with van der Waals surface area (Å²) in [4.78, 5) is 7.07. The number of hydrogen-bond donors (Lipinski definition) is 0. The molecule has 1 aliphatic heterocycles. The van der Waals surface area contributed by atoms with Gasteiger partial charge in [-0.25, -0.2) is 4.98 Å². The molecule has 5 nitrogen and oxygen atoms in total. The minimum absolute atomic E-state index is 0. The van der Waals surface area contributed by atoms with Gasteiger partial charge in [0.25, 0.3) is 0 Å². The van der Waals surface area contributed by atoms with Crippen LogP contribution in [0.15, 0.2) is 164 Å². The van der Waals surface area contributed by atoms with Crippen LogP contribution in [0.2, 0.25) is 0 Å². The number of ether oxygens (including phenoxy) is 1. The largest absolute Gasteiger partial charge is 0.509 e. The van der Waals surface area contributed by atoms with Crippen molar-refractivity contribution in [3.05, 3.63) is 211 Å². The van der Waals surface area contributed by atoms with Gasteiger partial charge in [-0.2, -0.15) is 12.1 Å². The molecule has 0 saturated carbocycles. The van der Waals surface area contributed by atoms with Crippen LogP contribution in [-0.4, -0.2) is 14.1 Å². The van der Waals surface area contributed by atoms with Gasteiger partial charge in [-0.1, -0.05) is 163 Å². The summed E-state index contributed by atoms with van der Waals surface area (Å²) >= 11 is 0. The fourth-order valence-corrected chi connectivity index (χ4v) is 9.98. The van der Waals surface area contributed by atoms with E-state index in [2.05, 4.69) is 142 Å². The normalized spacial score (nSPS) is 14.0. The minimum atomic E-state index is -2.49. The molecule has 3 aromatic heterocycles. The molecule has 6 heteroatoms. The number of pyridine rings is 1. The molecular formula is C62H49N4OPt-3. The number of fused-ring (bicyclic) bond motifs is 10. The number of nitrogens with zero attached hydrogens (tertiary/aromatic N) is 4. The molecule has 0 amide bonds. The second-order valence-electron chi connectivity index (χ2n) is 18.7. The van der Waals surface area contributed by atoms with Crippen LogP contribution in [-0.2, 0) is 26.5 Å². The molecule has 0 fully saturated rings. The molecule has 0 atom stereocenters. The maximum absolute atomic E-state index is 8.69. The third-order valence-electron chi connectivity index (χ3n) is 13.3. The molecule has 0 unspecified atom stereocenters. The second-order valence-corrected chi connectivity index (χ2v) is 18.7. The SMILES string of the molecule is [2H]C([2H])([2H])c1ccc2c(c1)c1ccc(Oc3[c-]c(N4[CH-]n5c6c(C)cccc6c6cc(C)ccc6c6ccccc6c6cccc4c65)ccc3)[c-]c1n2-c1cc(C([2H])([2H])[2H])c(-c2ccc(C(C)(C)C)cc2)cn1.[Pt]. The monoisotopic (exact) mass is 1070 g/mol. The topological polar surface area (TPSA) is 35.2 Å². The van der Waals surface area contributed by atoms with Gasteiger partial charge in [-0.15, -0.1) is 35.7 Å². The molecule has 0 saturated heterocycles. The average molecular weight is 1070 g/mol. The molecule has 1 aliphatic rings. The van der Waals surface area contributed by atoms with Crippen LogP contribution in [0.3, 0.4) is 0 Å². The predicted octanol–water partition coefficient (Wildman–Crippen LogP) is 16.4. The van der Waals surface area contributed by atoms with Crippen molar-refractivity contribution < 1.29 is 34.0 Å². The van der Waals surface area contributed by atoms with Crippen LogP contribution in [0.1, 0.15) is 56.8 Å². The molecule has 8 aromatic carbocycles. The van der Waals surface area contributed by atoms with E-state index < -0.39 is 13.7 Å². The van der Waals surface area contributed by atoms with Gasteiger partial charge >= 0.3 is 0 Å². The Labute approximate surface area is 420 Å². The summed E-state index contributed by atoms with van der Waals surface area (Å²) in [5, 5.41) is 8.27. The Balaban J connectivity index is 0.00000588. The Morgan fingerprint density at radius 3 is 2.07 bits per heavy atom. The number of para-hydroxylation sites is 2. The van der Waals surface area contributed by atoms with E-state index in [4.69, 9.17) is 17.9 Å². The van der Waals surface area contributed by atoms with Crippen molar-refractivity contribution in [2.24, 2.45) is 0 Å². The van der Waals surface area contributed by atoms with E-state index >= 15 is 0 Å². The van der Waals surface area contributed by atoms with Gasteiger partial charge in [-0.3, -0.25) is 0 Å². The first-order valence-electron chi connectivity index (χ1n) is 25.6. The molecule has 0 radical (unpaired) electrons. The zero-order valence-electron chi connectivity index (χ0n) is 44.2. The first kappa shape index (κ1) is 36.7. The van der Waals surface area contributed by atoms with E-state index in [9.17, 15) is 0 Å². The van der Waals surface area contributed by atoms with Crippen LogP contribution >= 0.6 is 0 Å². The summed E-state index contributed by atoms with van der Waals surface area (Å²) in [5.41, 5.74) is 10.0. The first-order chi connectivity index (χ1) is 34.9. The van der Waals surface area contributed by atoms with Gasteiger partial charge in [0, 0.05) is 63.8 Å². The molecule has 0 aliphatic carbocycles. The Hall–Kier alpha value is -7.33. The summed E-state index contributed by atoms with van der Waals surface area (Å²) in [6, 6.07) is 59.5. The van der Waals surface area contributed by atoms with E-state index in [1.165, 1.54) is 16.3 Å². The third-order valence-corrected chi connectivity index (χ3v) is 13.3. The number of aromatic nitrogens is 3. The van der Waals surface area contributed by atoms with Crippen molar-refractivity contribution in [1.82, 2.24) is 14.1 Å². The molecule has 4 heterocycles. The Morgan fingerprint density at radius 2 is 1.28 bits per heavy atom. The van der Waals surface area contributed by atoms with Crippen molar-refractivity contribution in [2.75, 3.05) is 4.90 Å². The average Bonchev–Trinajstić information content (AvgIpc) is 3.93. The van der Waals surface area contributed by atoms with E-state index in [1.807, 2.05) is 53.1 Å². The van der Waals surface area contributed by atoms with Crippen molar-refractivity contribution in [3.63, 3.8) is 0 Å². The summed E-state index contributed by atoms with van der Waals surface area (Å²) < 4.78 is 61.6. The van der Waals surface area contributed by atoms with Gasteiger partial charge in [0.1, 0.15) is 5.82 Å². The predicted molar refractivity (Wildman–Crippen MR) is 280 cm³/mol. The second kappa shape index (κ2) is 16.5. The van der Waals surface area contributed by atoms with Crippen molar-refractivity contribution in [2.45, 2.75) is 53.7 Å². The van der Waals surface area contributed by atoms with Gasteiger partial charge in [-0.05, 0) is 118 Å². The van der Waals surface area contributed by atoms with E-state index in [0.717, 1.165) is 60.6 Å². The number of hydrogen-bond acceptors (Lipinski definition) is 3. The van der Waals surface area contributed by atoms with Gasteiger partial charge in [0.05, 0.1) is 0 Å². The van der Waals surface area contributed by atoms with Crippen molar-refractivity contribution >= 4 is 76.5 Å². The summed E-state index contributed by atoms with van der Waals surface area (Å²) in [6.07, 6.45) is 1.61. The minimum Gasteiger partial charge on any atom is -0.509 e. The Bertz CT molecular complexity index is 4150. The molecule has 12 rings (SSSR count). The molecule has 0 spiro atoms. The third kappa shape index (κ3) is 7.11. The van der Waals surface area contributed by atoms with Crippen molar-refractivity contribution in [3.8, 4) is 28.4 Å². The quantitative estimate of drug-likeness (QED) is 0.161. The summed E-state index contributed by atoms with van der Waals surface area (Å²) in [5.74, 6) is 1.16. The van der Waals surface area contributed by atoms with Crippen LogP contribution in [0.4, 0.5) is 11.4 Å². The van der Waals surface area contributed by atoms with Crippen LogP contribution in [0.25, 0.3) is 82.1 Å². The van der Waals surface area contributed by atoms with E-state index in [1.54, 1.807) is 36.5 Å². The Kier molecular flexibility index (Phi) is 8.90. The summed E-state index contributed by atoms with van der Waals surface area (Å²) in [6.45, 7) is 8.03. The zero-order valence-corrected chi connectivity index (χ0v) is 40.5.